The predicted molar refractivity (Wildman–Crippen MR) is 93.0 cm³/mol. The van der Waals surface area contributed by atoms with Crippen LogP contribution >= 0.6 is 11.3 Å². The fraction of sp³-hybridized carbons (Fsp3) is 0.353. The van der Waals surface area contributed by atoms with Gasteiger partial charge in [-0.3, -0.25) is 4.79 Å². The first-order chi connectivity index (χ1) is 10.8. The van der Waals surface area contributed by atoms with Gasteiger partial charge in [-0.1, -0.05) is 6.92 Å². The number of rotatable bonds is 3. The minimum atomic E-state index is -3.22. The largest absolute Gasteiger partial charge is 0.321 e. The number of thiophene rings is 1. The molecular weight excluding hydrogens is 330 g/mol. The summed E-state index contributed by atoms with van der Waals surface area (Å²) in [6.45, 7) is 2.24. The summed E-state index contributed by atoms with van der Waals surface area (Å²) in [6, 6.07) is 8.24. The summed E-state index contributed by atoms with van der Waals surface area (Å²) in [7, 11) is -3.22. The Morgan fingerprint density at radius 2 is 1.96 bits per heavy atom. The molecule has 1 amide bonds. The van der Waals surface area contributed by atoms with Crippen molar-refractivity contribution in [3.05, 3.63) is 45.6 Å². The molecule has 2 aromatic rings. The quantitative estimate of drug-likeness (QED) is 0.922. The third-order valence-corrected chi connectivity index (χ3v) is 6.46. The molecule has 23 heavy (non-hydrogen) atoms. The SMILES string of the molecule is CC1CCc2sc(C(=O)Nc3ccc(S(C)(=O)=O)cc3)cc2C1. The fourth-order valence-corrected chi connectivity index (χ4v) is 4.53. The lowest BCUT2D eigenvalue weighted by Crippen LogP contribution is -2.10. The highest BCUT2D eigenvalue weighted by atomic mass is 32.2. The van der Waals surface area contributed by atoms with Gasteiger partial charge in [0.2, 0.25) is 0 Å². The van der Waals surface area contributed by atoms with E-state index in [0.717, 1.165) is 24.0 Å². The van der Waals surface area contributed by atoms with Crippen molar-refractivity contribution in [1.29, 1.82) is 0 Å². The van der Waals surface area contributed by atoms with E-state index in [1.165, 1.54) is 29.0 Å². The van der Waals surface area contributed by atoms with Crippen LogP contribution in [0.3, 0.4) is 0 Å². The first-order valence-corrected chi connectivity index (χ1v) is 10.3. The zero-order valence-corrected chi connectivity index (χ0v) is 14.8. The number of anilines is 1. The van der Waals surface area contributed by atoms with Gasteiger partial charge in [-0.2, -0.15) is 0 Å². The second-order valence-electron chi connectivity index (χ2n) is 6.16. The van der Waals surface area contributed by atoms with E-state index in [-0.39, 0.29) is 10.8 Å². The zero-order valence-electron chi connectivity index (χ0n) is 13.1. The van der Waals surface area contributed by atoms with Crippen molar-refractivity contribution < 1.29 is 13.2 Å². The van der Waals surface area contributed by atoms with E-state index in [9.17, 15) is 13.2 Å². The molecule has 1 aliphatic carbocycles. The van der Waals surface area contributed by atoms with Crippen LogP contribution in [0.25, 0.3) is 0 Å². The Morgan fingerprint density at radius 1 is 1.26 bits per heavy atom. The lowest BCUT2D eigenvalue weighted by Gasteiger charge is -2.16. The van der Waals surface area contributed by atoms with Crippen molar-refractivity contribution in [3.63, 3.8) is 0 Å². The van der Waals surface area contributed by atoms with Crippen molar-refractivity contribution in [2.24, 2.45) is 5.92 Å². The van der Waals surface area contributed by atoms with Crippen molar-refractivity contribution in [2.45, 2.75) is 31.1 Å². The lowest BCUT2D eigenvalue weighted by atomic mass is 9.90. The van der Waals surface area contributed by atoms with Crippen LogP contribution in [-0.2, 0) is 22.7 Å². The van der Waals surface area contributed by atoms with E-state index >= 15 is 0 Å². The van der Waals surface area contributed by atoms with Gasteiger partial charge in [0.15, 0.2) is 9.84 Å². The maximum absolute atomic E-state index is 12.4. The molecule has 1 unspecified atom stereocenters. The van der Waals surface area contributed by atoms with Crippen molar-refractivity contribution in [3.8, 4) is 0 Å². The van der Waals surface area contributed by atoms with Gasteiger partial charge in [-0.05, 0) is 61.1 Å². The molecule has 0 aliphatic heterocycles. The minimum Gasteiger partial charge on any atom is -0.321 e. The molecule has 1 atom stereocenters. The monoisotopic (exact) mass is 349 g/mol. The highest BCUT2D eigenvalue weighted by Gasteiger charge is 2.20. The Morgan fingerprint density at radius 3 is 2.61 bits per heavy atom. The van der Waals surface area contributed by atoms with Gasteiger partial charge < -0.3 is 5.32 Å². The van der Waals surface area contributed by atoms with Crippen molar-refractivity contribution in [1.82, 2.24) is 0 Å². The number of nitrogens with one attached hydrogen (secondary N) is 1. The molecule has 1 heterocycles. The van der Waals surface area contributed by atoms with Gasteiger partial charge in [-0.25, -0.2) is 8.42 Å². The van der Waals surface area contributed by atoms with Crippen LogP contribution in [0.2, 0.25) is 0 Å². The third-order valence-electron chi connectivity index (χ3n) is 4.09. The number of carbonyl (C=O) groups excluding carboxylic acids is 1. The number of benzene rings is 1. The third kappa shape index (κ3) is 3.64. The van der Waals surface area contributed by atoms with Crippen LogP contribution in [0.4, 0.5) is 5.69 Å². The van der Waals surface area contributed by atoms with Crippen molar-refractivity contribution in [2.75, 3.05) is 11.6 Å². The molecule has 0 spiro atoms. The van der Waals surface area contributed by atoms with Crippen LogP contribution in [0.5, 0.6) is 0 Å². The Labute approximate surface area is 140 Å². The summed E-state index contributed by atoms with van der Waals surface area (Å²) < 4.78 is 22.9. The second kappa shape index (κ2) is 6.09. The van der Waals surface area contributed by atoms with Gasteiger partial charge in [0.1, 0.15) is 0 Å². The van der Waals surface area contributed by atoms with Gasteiger partial charge in [0, 0.05) is 16.8 Å². The van der Waals surface area contributed by atoms with Crippen LogP contribution in [0.1, 0.15) is 33.5 Å². The van der Waals surface area contributed by atoms with Gasteiger partial charge in [0.05, 0.1) is 9.77 Å². The maximum atomic E-state index is 12.4. The van der Waals surface area contributed by atoms with E-state index < -0.39 is 9.84 Å². The molecule has 0 radical (unpaired) electrons. The molecule has 6 heteroatoms. The summed E-state index contributed by atoms with van der Waals surface area (Å²) >= 11 is 1.56. The summed E-state index contributed by atoms with van der Waals surface area (Å²) in [5.41, 5.74) is 1.90. The lowest BCUT2D eigenvalue weighted by molar-refractivity contribution is 0.103. The number of aryl methyl sites for hydroxylation is 1. The zero-order chi connectivity index (χ0) is 16.6. The molecule has 0 saturated heterocycles. The summed E-state index contributed by atoms with van der Waals surface area (Å²) in [5.74, 6) is 0.542. The number of fused-ring (bicyclic) bond motifs is 1. The highest BCUT2D eigenvalue weighted by molar-refractivity contribution is 7.90. The average molecular weight is 349 g/mol. The Kier molecular flexibility index (Phi) is 4.29. The number of sulfone groups is 1. The van der Waals surface area contributed by atoms with Crippen LogP contribution < -0.4 is 5.32 Å². The van der Waals surface area contributed by atoms with Crippen LogP contribution in [-0.4, -0.2) is 20.6 Å². The molecule has 1 aromatic heterocycles. The van der Waals surface area contributed by atoms with Crippen molar-refractivity contribution >= 4 is 32.8 Å². The molecule has 3 rings (SSSR count). The molecule has 122 valence electrons. The van der Waals surface area contributed by atoms with Gasteiger partial charge in [-0.15, -0.1) is 11.3 Å². The van der Waals surface area contributed by atoms with E-state index in [1.807, 2.05) is 6.07 Å². The number of hydrogen-bond acceptors (Lipinski definition) is 4. The molecule has 0 bridgehead atoms. The predicted octanol–water partition coefficient (Wildman–Crippen LogP) is 3.53. The number of amides is 1. The maximum Gasteiger partial charge on any atom is 0.265 e. The highest BCUT2D eigenvalue weighted by Crippen LogP contribution is 2.32. The first-order valence-electron chi connectivity index (χ1n) is 7.56. The molecule has 0 fully saturated rings. The summed E-state index contributed by atoms with van der Waals surface area (Å²) in [4.78, 5) is 14.7. The van der Waals surface area contributed by atoms with Crippen LogP contribution in [0.15, 0.2) is 35.2 Å². The normalized spacial score (nSPS) is 17.6. The molecule has 4 nitrogen and oxygen atoms in total. The fourth-order valence-electron chi connectivity index (χ4n) is 2.80. The summed E-state index contributed by atoms with van der Waals surface area (Å²) in [5, 5.41) is 2.83. The molecular formula is C17H19NO3S2. The first kappa shape index (κ1) is 16.2. The molecule has 0 saturated carbocycles. The smallest absolute Gasteiger partial charge is 0.265 e. The standard InChI is InChI=1S/C17H19NO3S2/c1-11-3-8-15-12(9-11)10-16(22-15)17(19)18-13-4-6-14(7-5-13)23(2,20)21/h4-7,10-11H,3,8-9H2,1-2H3,(H,18,19). The Hall–Kier alpha value is -1.66. The number of hydrogen-bond donors (Lipinski definition) is 1. The van der Waals surface area contributed by atoms with Crippen LogP contribution in [0, 0.1) is 5.92 Å². The van der Waals surface area contributed by atoms with E-state index in [1.54, 1.807) is 23.5 Å². The van der Waals surface area contributed by atoms with Gasteiger partial charge >= 0.3 is 0 Å². The van der Waals surface area contributed by atoms with Gasteiger partial charge in [0.25, 0.3) is 5.91 Å². The average Bonchev–Trinajstić information content (AvgIpc) is 2.90. The second-order valence-corrected chi connectivity index (χ2v) is 9.31. The number of carbonyl (C=O) groups is 1. The topological polar surface area (TPSA) is 63.2 Å². The van der Waals surface area contributed by atoms with E-state index in [4.69, 9.17) is 0 Å². The molecule has 1 aliphatic rings. The summed E-state index contributed by atoms with van der Waals surface area (Å²) in [6.07, 6.45) is 4.44. The Bertz CT molecular complexity index is 835. The molecule has 1 aromatic carbocycles. The minimum absolute atomic E-state index is 0.135. The van der Waals surface area contributed by atoms with E-state index in [0.29, 0.717) is 11.6 Å². The molecule has 1 N–H and O–H groups in total. The Balaban J connectivity index is 1.75. The van der Waals surface area contributed by atoms with E-state index in [2.05, 4.69) is 12.2 Å².